The summed E-state index contributed by atoms with van der Waals surface area (Å²) in [7, 11) is 2.04. The van der Waals surface area contributed by atoms with Crippen molar-refractivity contribution in [2.45, 2.75) is 31.3 Å². The van der Waals surface area contributed by atoms with Gasteiger partial charge in [-0.2, -0.15) is 0 Å². The topological polar surface area (TPSA) is 56.7 Å². The third-order valence-corrected chi connectivity index (χ3v) is 6.57. The van der Waals surface area contributed by atoms with Gasteiger partial charge in [0.1, 0.15) is 0 Å². The van der Waals surface area contributed by atoms with Gasteiger partial charge in [0.25, 0.3) is 0 Å². The molecule has 5 heteroatoms. The average molecular weight is 387 g/mol. The Hall–Kier alpha value is -2.84. The number of fused-ring (bicyclic) bond motifs is 3. The summed E-state index contributed by atoms with van der Waals surface area (Å²) in [4.78, 5) is 21.3. The zero-order chi connectivity index (χ0) is 20.0. The SMILES string of the molecule is CN1c2ccc(C#Cc3cccnc3)cc2[C@@H]2[C@@H](CCN2C(=O)C2CC2)[C@H]1CO. The van der Waals surface area contributed by atoms with Gasteiger partial charge >= 0.3 is 0 Å². The van der Waals surface area contributed by atoms with Crippen LogP contribution in [0.4, 0.5) is 5.69 Å². The minimum Gasteiger partial charge on any atom is -0.394 e. The monoisotopic (exact) mass is 387 g/mol. The molecule has 3 heterocycles. The maximum atomic E-state index is 13.0. The molecular weight excluding hydrogens is 362 g/mol. The second-order valence-electron chi connectivity index (χ2n) is 8.33. The molecule has 0 bridgehead atoms. The normalized spacial score (nSPS) is 25.1. The quantitative estimate of drug-likeness (QED) is 0.805. The van der Waals surface area contributed by atoms with Crippen molar-refractivity contribution in [2.75, 3.05) is 25.1 Å². The highest BCUT2D eigenvalue weighted by Crippen LogP contribution is 2.50. The van der Waals surface area contributed by atoms with Crippen molar-refractivity contribution in [2.24, 2.45) is 11.8 Å². The van der Waals surface area contributed by atoms with Crippen LogP contribution in [0.25, 0.3) is 0 Å². The molecule has 0 unspecified atom stereocenters. The molecule has 29 heavy (non-hydrogen) atoms. The van der Waals surface area contributed by atoms with Gasteiger partial charge in [0.15, 0.2) is 0 Å². The van der Waals surface area contributed by atoms with Crippen LogP contribution in [0, 0.1) is 23.7 Å². The number of aromatic nitrogens is 1. The first kappa shape index (κ1) is 18.2. The molecule has 5 rings (SSSR count). The van der Waals surface area contributed by atoms with Crippen LogP contribution in [-0.2, 0) is 4.79 Å². The molecule has 2 aliphatic heterocycles. The molecule has 1 aromatic heterocycles. The van der Waals surface area contributed by atoms with E-state index in [-0.39, 0.29) is 36.4 Å². The lowest BCUT2D eigenvalue weighted by molar-refractivity contribution is -0.134. The number of rotatable bonds is 2. The van der Waals surface area contributed by atoms with Gasteiger partial charge in [0.2, 0.25) is 5.91 Å². The molecule has 0 radical (unpaired) electrons. The highest BCUT2D eigenvalue weighted by molar-refractivity contribution is 5.82. The van der Waals surface area contributed by atoms with E-state index in [1.54, 1.807) is 12.4 Å². The van der Waals surface area contributed by atoms with Crippen LogP contribution in [0.2, 0.25) is 0 Å². The van der Waals surface area contributed by atoms with E-state index >= 15 is 0 Å². The summed E-state index contributed by atoms with van der Waals surface area (Å²) >= 11 is 0. The summed E-state index contributed by atoms with van der Waals surface area (Å²) in [6, 6.07) is 10.1. The molecule has 1 saturated heterocycles. The summed E-state index contributed by atoms with van der Waals surface area (Å²) < 4.78 is 0. The molecule has 1 amide bonds. The summed E-state index contributed by atoms with van der Waals surface area (Å²) in [6.45, 7) is 0.880. The lowest BCUT2D eigenvalue weighted by Crippen LogP contribution is -2.48. The number of aliphatic hydroxyl groups is 1. The van der Waals surface area contributed by atoms with Gasteiger partial charge in [-0.1, -0.05) is 11.8 Å². The molecule has 1 N–H and O–H groups in total. The van der Waals surface area contributed by atoms with Crippen molar-refractivity contribution in [1.29, 1.82) is 0 Å². The van der Waals surface area contributed by atoms with Gasteiger partial charge in [0.05, 0.1) is 18.7 Å². The molecular formula is C24H25N3O2. The number of carbonyl (C=O) groups is 1. The molecule has 1 aromatic carbocycles. The van der Waals surface area contributed by atoms with E-state index < -0.39 is 0 Å². The number of hydrogen-bond donors (Lipinski definition) is 1. The lowest BCUT2D eigenvalue weighted by atomic mass is 9.81. The van der Waals surface area contributed by atoms with Crippen molar-refractivity contribution >= 4 is 11.6 Å². The van der Waals surface area contributed by atoms with E-state index in [0.717, 1.165) is 48.2 Å². The number of benzene rings is 1. The third kappa shape index (κ3) is 3.18. The Morgan fingerprint density at radius 3 is 2.76 bits per heavy atom. The average Bonchev–Trinajstić information content (AvgIpc) is 3.52. The fraction of sp³-hybridized carbons (Fsp3) is 0.417. The van der Waals surface area contributed by atoms with Crippen LogP contribution in [0.1, 0.15) is 42.0 Å². The number of aliphatic hydroxyl groups excluding tert-OH is 1. The van der Waals surface area contributed by atoms with Crippen LogP contribution in [-0.4, -0.2) is 47.1 Å². The van der Waals surface area contributed by atoms with E-state index in [1.165, 1.54) is 0 Å². The number of hydrogen-bond acceptors (Lipinski definition) is 4. The second-order valence-corrected chi connectivity index (χ2v) is 8.33. The van der Waals surface area contributed by atoms with Crippen molar-refractivity contribution in [3.8, 4) is 11.8 Å². The van der Waals surface area contributed by atoms with Crippen molar-refractivity contribution in [3.63, 3.8) is 0 Å². The van der Waals surface area contributed by atoms with Crippen LogP contribution in [0.3, 0.4) is 0 Å². The Labute approximate surface area is 171 Å². The molecule has 1 aliphatic carbocycles. The van der Waals surface area contributed by atoms with E-state index in [9.17, 15) is 9.90 Å². The van der Waals surface area contributed by atoms with Gasteiger partial charge in [-0.25, -0.2) is 0 Å². The van der Waals surface area contributed by atoms with Crippen molar-refractivity contribution < 1.29 is 9.90 Å². The zero-order valence-electron chi connectivity index (χ0n) is 16.6. The highest BCUT2D eigenvalue weighted by Gasteiger charge is 2.49. The first-order valence-corrected chi connectivity index (χ1v) is 10.4. The Bertz CT molecular complexity index is 990. The molecule has 5 nitrogen and oxygen atoms in total. The van der Waals surface area contributed by atoms with Gasteiger partial charge in [0, 0.05) is 54.6 Å². The Morgan fingerprint density at radius 2 is 2.03 bits per heavy atom. The number of nitrogens with zero attached hydrogens (tertiary/aromatic N) is 3. The second kappa shape index (κ2) is 7.20. The summed E-state index contributed by atoms with van der Waals surface area (Å²) in [5.74, 6) is 7.17. The van der Waals surface area contributed by atoms with Gasteiger partial charge < -0.3 is 14.9 Å². The standard InChI is InChI=1S/C24H25N3O2/c1-26-21-9-6-16(4-5-17-3-2-11-25-14-17)13-20(21)23-19(22(26)15-28)10-12-27(23)24(29)18-7-8-18/h2-3,6,9,11,13-14,18-19,22-23,28H,7-8,10,12,15H2,1H3/t19-,22+,23-/m0/s1. The number of anilines is 1. The first-order chi connectivity index (χ1) is 14.2. The maximum Gasteiger partial charge on any atom is 0.226 e. The lowest BCUT2D eigenvalue weighted by Gasteiger charge is -2.44. The number of carbonyl (C=O) groups excluding carboxylic acids is 1. The zero-order valence-corrected chi connectivity index (χ0v) is 16.6. The maximum absolute atomic E-state index is 13.0. The molecule has 148 valence electrons. The minimum absolute atomic E-state index is 0.0339. The van der Waals surface area contributed by atoms with E-state index in [1.807, 2.05) is 25.2 Å². The van der Waals surface area contributed by atoms with E-state index in [2.05, 4.69) is 38.8 Å². The van der Waals surface area contributed by atoms with Gasteiger partial charge in [-0.05, 0) is 55.2 Å². The first-order valence-electron chi connectivity index (χ1n) is 10.4. The van der Waals surface area contributed by atoms with Crippen LogP contribution < -0.4 is 4.90 Å². The summed E-state index contributed by atoms with van der Waals surface area (Å²) in [5, 5.41) is 10.1. The molecule has 2 fully saturated rings. The van der Waals surface area contributed by atoms with E-state index in [4.69, 9.17) is 0 Å². The Balaban J connectivity index is 1.54. The third-order valence-electron chi connectivity index (χ3n) is 6.57. The molecule has 3 atom stereocenters. The minimum atomic E-state index is 0.0339. The number of likely N-dealkylation sites (tertiary alicyclic amines) is 1. The van der Waals surface area contributed by atoms with Crippen molar-refractivity contribution in [3.05, 3.63) is 59.4 Å². The Kier molecular flexibility index (Phi) is 4.52. The van der Waals surface area contributed by atoms with Crippen LogP contribution in [0.5, 0.6) is 0 Å². The number of pyridine rings is 1. The smallest absolute Gasteiger partial charge is 0.226 e. The molecule has 0 spiro atoms. The largest absolute Gasteiger partial charge is 0.394 e. The molecule has 2 aromatic rings. The predicted molar refractivity (Wildman–Crippen MR) is 111 cm³/mol. The number of amides is 1. The van der Waals surface area contributed by atoms with Crippen LogP contribution in [0.15, 0.2) is 42.7 Å². The van der Waals surface area contributed by atoms with E-state index in [0.29, 0.717) is 0 Å². The fourth-order valence-electron chi connectivity index (χ4n) is 4.92. The molecule has 1 saturated carbocycles. The Morgan fingerprint density at radius 1 is 1.21 bits per heavy atom. The summed E-state index contributed by atoms with van der Waals surface area (Å²) in [6.07, 6.45) is 6.46. The predicted octanol–water partition coefficient (Wildman–Crippen LogP) is 2.59. The van der Waals surface area contributed by atoms with Gasteiger partial charge in [-0.15, -0.1) is 0 Å². The fourth-order valence-corrected chi connectivity index (χ4v) is 4.92. The highest BCUT2D eigenvalue weighted by atomic mass is 16.3. The van der Waals surface area contributed by atoms with Crippen LogP contribution >= 0.6 is 0 Å². The van der Waals surface area contributed by atoms with Crippen molar-refractivity contribution in [1.82, 2.24) is 9.88 Å². The molecule has 3 aliphatic rings. The number of likely N-dealkylation sites (N-methyl/N-ethyl adjacent to an activating group) is 1. The summed E-state index contributed by atoms with van der Waals surface area (Å²) in [5.41, 5.74) is 4.07. The van der Waals surface area contributed by atoms with Gasteiger partial charge in [-0.3, -0.25) is 9.78 Å².